The number of hydrogen-bond donors (Lipinski definition) is 0. The van der Waals surface area contributed by atoms with Crippen LogP contribution in [0.25, 0.3) is 0 Å². The van der Waals surface area contributed by atoms with Crippen molar-refractivity contribution in [2.24, 2.45) is 0 Å². The summed E-state index contributed by atoms with van der Waals surface area (Å²) in [4.78, 5) is 49.4. The average molecular weight is 324 g/mol. The van der Waals surface area contributed by atoms with Crippen molar-refractivity contribution in [2.75, 3.05) is 0 Å². The minimum absolute atomic E-state index is 0.293. The van der Waals surface area contributed by atoms with Crippen molar-refractivity contribution < 1.29 is 19.2 Å². The minimum atomic E-state index is -0.678. The van der Waals surface area contributed by atoms with Crippen LogP contribution >= 0.6 is 8.88 Å². The molecular formula is C16H9N2O4P. The molecule has 0 saturated carbocycles. The number of carbonyl (C=O) groups is 4. The van der Waals surface area contributed by atoms with Crippen LogP contribution in [0.2, 0.25) is 0 Å². The third kappa shape index (κ3) is 1.85. The van der Waals surface area contributed by atoms with Gasteiger partial charge in [0.15, 0.2) is 0 Å². The zero-order valence-corrected chi connectivity index (χ0v) is 12.6. The summed E-state index contributed by atoms with van der Waals surface area (Å²) in [5, 5.41) is 0. The molecule has 2 aromatic carbocycles. The number of hydrogen-bond acceptors (Lipinski definition) is 4. The largest absolute Gasteiger partial charge is 0.268 e. The topological polar surface area (TPSA) is 74.8 Å². The third-order valence-electron chi connectivity index (χ3n) is 3.79. The standard InChI is InChI=1S/C16H9N2O4P/c19-13-9-5-1-2-6-10(9)14(20)17(13)23-18-15(21)11-7-3-4-8-12(11)16(18)22/h1-8,23H. The van der Waals surface area contributed by atoms with Gasteiger partial charge in [0.25, 0.3) is 23.6 Å². The Labute approximate surface area is 132 Å². The molecule has 4 amide bonds. The van der Waals surface area contributed by atoms with Crippen LogP contribution in [0.3, 0.4) is 0 Å². The minimum Gasteiger partial charge on any atom is -0.268 e. The van der Waals surface area contributed by atoms with Crippen molar-refractivity contribution in [3.8, 4) is 0 Å². The van der Waals surface area contributed by atoms with Crippen LogP contribution in [0.15, 0.2) is 48.5 Å². The SMILES string of the molecule is O=C1c2ccccc2C(=O)N1PN1C(=O)c2ccccc2C1=O. The molecule has 0 saturated heterocycles. The van der Waals surface area contributed by atoms with Crippen LogP contribution in [0.4, 0.5) is 0 Å². The molecule has 4 rings (SSSR count). The maximum Gasteiger partial charge on any atom is 0.266 e. The van der Waals surface area contributed by atoms with Crippen LogP contribution in [-0.4, -0.2) is 33.0 Å². The zero-order valence-electron chi connectivity index (χ0n) is 11.6. The lowest BCUT2D eigenvalue weighted by atomic mass is 10.1. The summed E-state index contributed by atoms with van der Waals surface area (Å²) < 4.78 is 1.90. The average Bonchev–Trinajstić information content (AvgIpc) is 2.97. The highest BCUT2D eigenvalue weighted by Crippen LogP contribution is 2.39. The van der Waals surface area contributed by atoms with E-state index in [-0.39, 0.29) is 0 Å². The summed E-state index contributed by atoms with van der Waals surface area (Å²) >= 11 is 0. The summed E-state index contributed by atoms with van der Waals surface area (Å²) in [6, 6.07) is 12.9. The molecule has 2 aromatic rings. The van der Waals surface area contributed by atoms with E-state index >= 15 is 0 Å². The second-order valence-electron chi connectivity index (χ2n) is 5.08. The van der Waals surface area contributed by atoms with E-state index in [4.69, 9.17) is 0 Å². The van der Waals surface area contributed by atoms with E-state index in [2.05, 4.69) is 0 Å². The van der Waals surface area contributed by atoms with Crippen LogP contribution in [-0.2, 0) is 0 Å². The van der Waals surface area contributed by atoms with E-state index in [1.165, 1.54) is 0 Å². The molecule has 0 unspecified atom stereocenters. The lowest BCUT2D eigenvalue weighted by molar-refractivity contribution is 0.0743. The number of fused-ring (bicyclic) bond motifs is 2. The smallest absolute Gasteiger partial charge is 0.266 e. The van der Waals surface area contributed by atoms with E-state index in [0.717, 1.165) is 9.34 Å². The molecule has 0 N–H and O–H groups in total. The fraction of sp³-hybridized carbons (Fsp3) is 0. The summed E-state index contributed by atoms with van der Waals surface area (Å²) in [7, 11) is -0.678. The second kappa shape index (κ2) is 4.83. The molecule has 7 heteroatoms. The maximum absolute atomic E-state index is 12.3. The van der Waals surface area contributed by atoms with E-state index in [1.807, 2.05) is 0 Å². The van der Waals surface area contributed by atoms with Gasteiger partial charge in [-0.15, -0.1) is 0 Å². The van der Waals surface area contributed by atoms with E-state index in [9.17, 15) is 19.2 Å². The third-order valence-corrected chi connectivity index (χ3v) is 5.00. The van der Waals surface area contributed by atoms with E-state index in [1.54, 1.807) is 48.5 Å². The van der Waals surface area contributed by atoms with Gasteiger partial charge in [-0.25, -0.2) is 9.34 Å². The summed E-state index contributed by atoms with van der Waals surface area (Å²) in [6.07, 6.45) is 0. The van der Waals surface area contributed by atoms with Gasteiger partial charge in [0, 0.05) is 0 Å². The van der Waals surface area contributed by atoms with Crippen LogP contribution in [0.1, 0.15) is 41.4 Å². The fourth-order valence-corrected chi connectivity index (χ4v) is 3.71. The number of rotatable bonds is 2. The van der Waals surface area contributed by atoms with Crippen LogP contribution < -0.4 is 0 Å². The molecule has 0 aliphatic carbocycles. The molecule has 0 spiro atoms. The van der Waals surface area contributed by atoms with Gasteiger partial charge >= 0.3 is 0 Å². The first-order valence-corrected chi connectivity index (χ1v) is 7.71. The number of carbonyl (C=O) groups excluding carboxylic acids is 4. The maximum atomic E-state index is 12.3. The van der Waals surface area contributed by atoms with Gasteiger partial charge < -0.3 is 0 Å². The van der Waals surface area contributed by atoms with Crippen LogP contribution in [0, 0.1) is 0 Å². The second-order valence-corrected chi connectivity index (χ2v) is 6.18. The molecule has 0 radical (unpaired) electrons. The first-order valence-electron chi connectivity index (χ1n) is 6.81. The molecule has 112 valence electrons. The number of nitrogens with zero attached hydrogens (tertiary/aromatic N) is 2. The van der Waals surface area contributed by atoms with Gasteiger partial charge in [-0.3, -0.25) is 19.2 Å². The Kier molecular flexibility index (Phi) is 2.89. The first-order chi connectivity index (χ1) is 11.1. The van der Waals surface area contributed by atoms with Gasteiger partial charge in [-0.05, 0) is 24.3 Å². The molecule has 6 nitrogen and oxygen atoms in total. The lowest BCUT2D eigenvalue weighted by Crippen LogP contribution is -2.30. The van der Waals surface area contributed by atoms with Crippen LogP contribution in [0.5, 0.6) is 0 Å². The predicted molar refractivity (Wildman–Crippen MR) is 82.2 cm³/mol. The Morgan fingerprint density at radius 2 is 0.783 bits per heavy atom. The normalized spacial score (nSPS) is 16.2. The number of amides is 4. The van der Waals surface area contributed by atoms with Crippen molar-refractivity contribution in [2.45, 2.75) is 0 Å². The molecule has 0 fully saturated rings. The zero-order chi connectivity index (χ0) is 16.1. The molecular weight excluding hydrogens is 315 g/mol. The Balaban J connectivity index is 1.66. The Morgan fingerprint density at radius 1 is 0.522 bits per heavy atom. The van der Waals surface area contributed by atoms with Gasteiger partial charge in [0.1, 0.15) is 8.88 Å². The predicted octanol–water partition coefficient (Wildman–Crippen LogP) is 2.09. The van der Waals surface area contributed by atoms with Crippen molar-refractivity contribution in [3.63, 3.8) is 0 Å². The van der Waals surface area contributed by atoms with Crippen molar-refractivity contribution >= 4 is 32.5 Å². The molecule has 0 bridgehead atoms. The van der Waals surface area contributed by atoms with Gasteiger partial charge in [0.05, 0.1) is 22.3 Å². The summed E-state index contributed by atoms with van der Waals surface area (Å²) in [5.41, 5.74) is 1.17. The van der Waals surface area contributed by atoms with Gasteiger partial charge in [0.2, 0.25) is 0 Å². The highest BCUT2D eigenvalue weighted by Gasteiger charge is 2.42. The Hall–Kier alpha value is -2.85. The first kappa shape index (κ1) is 13.8. The lowest BCUT2D eigenvalue weighted by Gasteiger charge is -2.19. The number of imide groups is 2. The molecule has 0 aromatic heterocycles. The molecule has 2 aliphatic rings. The quantitative estimate of drug-likeness (QED) is 0.626. The highest BCUT2D eigenvalue weighted by molar-refractivity contribution is 7.37. The Bertz CT molecular complexity index is 765. The summed E-state index contributed by atoms with van der Waals surface area (Å²) in [6.45, 7) is 0. The molecule has 0 atom stereocenters. The van der Waals surface area contributed by atoms with E-state index in [0.29, 0.717) is 22.3 Å². The van der Waals surface area contributed by atoms with Crippen molar-refractivity contribution in [1.29, 1.82) is 0 Å². The fourth-order valence-electron chi connectivity index (χ4n) is 2.66. The van der Waals surface area contributed by atoms with Gasteiger partial charge in [-0.1, -0.05) is 24.3 Å². The monoisotopic (exact) mass is 324 g/mol. The van der Waals surface area contributed by atoms with Gasteiger partial charge in [-0.2, -0.15) is 0 Å². The molecule has 2 aliphatic heterocycles. The highest BCUT2D eigenvalue weighted by atomic mass is 31.1. The summed E-state index contributed by atoms with van der Waals surface area (Å²) in [5.74, 6) is -1.94. The Morgan fingerprint density at radius 3 is 1.04 bits per heavy atom. The molecule has 23 heavy (non-hydrogen) atoms. The van der Waals surface area contributed by atoms with E-state index < -0.39 is 32.5 Å². The van der Waals surface area contributed by atoms with Crippen molar-refractivity contribution in [3.05, 3.63) is 70.8 Å². The number of benzene rings is 2. The molecule has 2 heterocycles. The van der Waals surface area contributed by atoms with Crippen molar-refractivity contribution in [1.82, 2.24) is 9.34 Å².